The van der Waals surface area contributed by atoms with E-state index in [9.17, 15) is 19.7 Å². The molecule has 1 aliphatic heterocycles. The van der Waals surface area contributed by atoms with Crippen LogP contribution in [0.1, 0.15) is 44.5 Å². The van der Waals surface area contributed by atoms with Gasteiger partial charge in [-0.3, -0.25) is 10.1 Å². The zero-order valence-electron chi connectivity index (χ0n) is 20.8. The van der Waals surface area contributed by atoms with Gasteiger partial charge >= 0.3 is 11.9 Å². The van der Waals surface area contributed by atoms with Crippen molar-refractivity contribution in [3.63, 3.8) is 0 Å². The van der Waals surface area contributed by atoms with Gasteiger partial charge in [0.15, 0.2) is 6.23 Å². The molecule has 0 unspecified atom stereocenters. The van der Waals surface area contributed by atoms with Crippen LogP contribution in [0.2, 0.25) is 0 Å². The minimum absolute atomic E-state index is 0.0716. The summed E-state index contributed by atoms with van der Waals surface area (Å²) in [5, 5.41) is 16.3. The SMILES string of the molecule is Cc1ccc(C(=O)OC[C@H]2O[C@@H](n3cc4c([N+](=O)[O-])cccc4n3)C[C@@H]2OC(=O)c2ccc(C)cc2)cc1. The Bertz CT molecular complexity index is 1500. The minimum atomic E-state index is -0.772. The van der Waals surface area contributed by atoms with E-state index in [1.165, 1.54) is 16.9 Å². The highest BCUT2D eigenvalue weighted by molar-refractivity contribution is 5.90. The van der Waals surface area contributed by atoms with Crippen LogP contribution in [0.5, 0.6) is 0 Å². The summed E-state index contributed by atoms with van der Waals surface area (Å²) in [6, 6.07) is 18.6. The molecule has 0 bridgehead atoms. The lowest BCUT2D eigenvalue weighted by Crippen LogP contribution is -2.32. The molecule has 10 nitrogen and oxygen atoms in total. The summed E-state index contributed by atoms with van der Waals surface area (Å²) in [5.41, 5.74) is 3.16. The van der Waals surface area contributed by atoms with E-state index in [0.717, 1.165) is 11.1 Å². The van der Waals surface area contributed by atoms with Crippen LogP contribution >= 0.6 is 0 Å². The maximum atomic E-state index is 12.9. The molecule has 0 saturated carbocycles. The van der Waals surface area contributed by atoms with Gasteiger partial charge in [-0.15, -0.1) is 0 Å². The number of ether oxygens (including phenoxy) is 3. The van der Waals surface area contributed by atoms with Crippen LogP contribution in [0.15, 0.2) is 72.9 Å². The maximum absolute atomic E-state index is 12.9. The summed E-state index contributed by atoms with van der Waals surface area (Å²) in [4.78, 5) is 36.4. The third kappa shape index (κ3) is 5.25. The second kappa shape index (κ2) is 10.4. The molecular formula is C28H25N3O7. The van der Waals surface area contributed by atoms with Crippen molar-refractivity contribution < 1.29 is 28.7 Å². The van der Waals surface area contributed by atoms with Gasteiger partial charge in [-0.25, -0.2) is 14.3 Å². The fourth-order valence-corrected chi connectivity index (χ4v) is 4.32. The zero-order valence-corrected chi connectivity index (χ0v) is 20.8. The predicted octanol–water partition coefficient (Wildman–Crippen LogP) is 4.93. The summed E-state index contributed by atoms with van der Waals surface area (Å²) in [6.07, 6.45) is -0.460. The minimum Gasteiger partial charge on any atom is -0.459 e. The van der Waals surface area contributed by atoms with E-state index in [4.69, 9.17) is 14.2 Å². The number of nitrogens with zero attached hydrogens (tertiary/aromatic N) is 3. The third-order valence-electron chi connectivity index (χ3n) is 6.43. The van der Waals surface area contributed by atoms with Gasteiger partial charge in [-0.2, -0.15) is 5.10 Å². The van der Waals surface area contributed by atoms with E-state index in [1.807, 2.05) is 38.1 Å². The second-order valence-corrected chi connectivity index (χ2v) is 9.22. The molecule has 0 N–H and O–H groups in total. The van der Waals surface area contributed by atoms with Crippen molar-refractivity contribution in [2.45, 2.75) is 38.7 Å². The molecule has 5 rings (SSSR count). The number of carbonyl (C=O) groups excluding carboxylic acids is 2. The summed E-state index contributed by atoms with van der Waals surface area (Å²) >= 11 is 0. The highest BCUT2D eigenvalue weighted by Crippen LogP contribution is 2.34. The highest BCUT2D eigenvalue weighted by Gasteiger charge is 2.40. The second-order valence-electron chi connectivity index (χ2n) is 9.22. The van der Waals surface area contributed by atoms with E-state index in [2.05, 4.69) is 5.10 Å². The van der Waals surface area contributed by atoms with Crippen LogP contribution in [-0.4, -0.2) is 45.5 Å². The quantitative estimate of drug-likeness (QED) is 0.193. The molecule has 1 fully saturated rings. The number of non-ortho nitro benzene ring substituents is 1. The summed E-state index contributed by atoms with van der Waals surface area (Å²) in [5.74, 6) is -1.06. The Labute approximate surface area is 217 Å². The number of hydrogen-bond donors (Lipinski definition) is 0. The number of rotatable bonds is 7. The number of carbonyl (C=O) groups is 2. The highest BCUT2D eigenvalue weighted by atomic mass is 16.6. The van der Waals surface area contributed by atoms with E-state index in [-0.39, 0.29) is 18.7 Å². The first-order valence-corrected chi connectivity index (χ1v) is 12.1. The van der Waals surface area contributed by atoms with Crippen LogP contribution in [0.4, 0.5) is 5.69 Å². The summed E-state index contributed by atoms with van der Waals surface area (Å²) < 4.78 is 18.9. The number of nitro benzene ring substituents is 1. The van der Waals surface area contributed by atoms with E-state index < -0.39 is 35.3 Å². The molecule has 10 heteroatoms. The molecule has 0 amide bonds. The Morgan fingerprint density at radius 2 is 1.63 bits per heavy atom. The Balaban J connectivity index is 1.36. The van der Waals surface area contributed by atoms with Crippen molar-refractivity contribution in [1.82, 2.24) is 9.78 Å². The standard InChI is InChI=1S/C28H25N3O7/c1-17-6-10-19(11-7-17)27(32)36-16-25-24(38-28(33)20-12-8-18(2)9-13-20)14-26(37-25)30-15-21-22(29-30)4-3-5-23(21)31(34)35/h3-13,15,24-26H,14,16H2,1-2H3/t24-,25+,26+/m0/s1. The summed E-state index contributed by atoms with van der Waals surface area (Å²) in [7, 11) is 0. The van der Waals surface area contributed by atoms with Crippen molar-refractivity contribution in [1.29, 1.82) is 0 Å². The van der Waals surface area contributed by atoms with E-state index in [0.29, 0.717) is 22.0 Å². The Hall–Kier alpha value is -4.57. The van der Waals surface area contributed by atoms with Crippen LogP contribution < -0.4 is 0 Å². The van der Waals surface area contributed by atoms with Gasteiger partial charge in [-0.1, -0.05) is 41.5 Å². The third-order valence-corrected chi connectivity index (χ3v) is 6.43. The number of fused-ring (bicyclic) bond motifs is 1. The molecule has 0 spiro atoms. The average molecular weight is 516 g/mol. The molecule has 0 aliphatic carbocycles. The van der Waals surface area contributed by atoms with Crippen LogP contribution in [0, 0.1) is 24.0 Å². The predicted molar refractivity (Wildman–Crippen MR) is 137 cm³/mol. The first-order chi connectivity index (χ1) is 18.3. The molecule has 0 radical (unpaired) electrons. The fraction of sp³-hybridized carbons (Fsp3) is 0.250. The topological polar surface area (TPSA) is 123 Å². The molecule has 3 atom stereocenters. The smallest absolute Gasteiger partial charge is 0.338 e. The molecule has 194 valence electrons. The van der Waals surface area contributed by atoms with Gasteiger partial charge in [0.2, 0.25) is 0 Å². The number of benzene rings is 3. The lowest BCUT2D eigenvalue weighted by atomic mass is 10.1. The van der Waals surface area contributed by atoms with Gasteiger partial charge in [-0.05, 0) is 44.2 Å². The number of aryl methyl sites for hydroxylation is 2. The van der Waals surface area contributed by atoms with Gasteiger partial charge in [0, 0.05) is 18.7 Å². The lowest BCUT2D eigenvalue weighted by Gasteiger charge is -2.19. The van der Waals surface area contributed by atoms with E-state index in [1.54, 1.807) is 36.4 Å². The van der Waals surface area contributed by atoms with Crippen molar-refractivity contribution >= 4 is 28.5 Å². The van der Waals surface area contributed by atoms with Crippen LogP contribution in [0.25, 0.3) is 10.9 Å². The summed E-state index contributed by atoms with van der Waals surface area (Å²) in [6.45, 7) is 3.68. The number of aromatic nitrogens is 2. The van der Waals surface area contributed by atoms with Crippen molar-refractivity contribution in [3.8, 4) is 0 Å². The molecule has 1 aliphatic rings. The van der Waals surface area contributed by atoms with Crippen molar-refractivity contribution in [3.05, 3.63) is 105 Å². The number of hydrogen-bond acceptors (Lipinski definition) is 8. The van der Waals surface area contributed by atoms with E-state index >= 15 is 0 Å². The van der Waals surface area contributed by atoms with Crippen molar-refractivity contribution in [2.75, 3.05) is 6.61 Å². The molecule has 3 aromatic carbocycles. The first kappa shape index (κ1) is 25.1. The molecule has 2 heterocycles. The maximum Gasteiger partial charge on any atom is 0.338 e. The first-order valence-electron chi connectivity index (χ1n) is 12.1. The molecule has 1 aromatic heterocycles. The Kier molecular flexibility index (Phi) is 6.89. The lowest BCUT2D eigenvalue weighted by molar-refractivity contribution is -0.383. The van der Waals surface area contributed by atoms with Crippen LogP contribution in [-0.2, 0) is 14.2 Å². The molecule has 1 saturated heterocycles. The number of esters is 2. The molecule has 4 aromatic rings. The van der Waals surface area contributed by atoms with Gasteiger partial charge < -0.3 is 14.2 Å². The van der Waals surface area contributed by atoms with Gasteiger partial charge in [0.05, 0.1) is 27.0 Å². The largest absolute Gasteiger partial charge is 0.459 e. The fourth-order valence-electron chi connectivity index (χ4n) is 4.32. The average Bonchev–Trinajstić information content (AvgIpc) is 3.52. The number of nitro groups is 1. The monoisotopic (exact) mass is 515 g/mol. The van der Waals surface area contributed by atoms with Gasteiger partial charge in [0.1, 0.15) is 18.8 Å². The molecular weight excluding hydrogens is 490 g/mol. The molecule has 38 heavy (non-hydrogen) atoms. The van der Waals surface area contributed by atoms with Crippen molar-refractivity contribution in [2.24, 2.45) is 0 Å². The van der Waals surface area contributed by atoms with Crippen LogP contribution in [0.3, 0.4) is 0 Å². The normalized spacial score (nSPS) is 18.8. The zero-order chi connectivity index (χ0) is 26.8. The van der Waals surface area contributed by atoms with Gasteiger partial charge in [0.25, 0.3) is 5.69 Å². The Morgan fingerprint density at radius 1 is 1.00 bits per heavy atom. The Morgan fingerprint density at radius 3 is 2.26 bits per heavy atom.